The molecule has 0 aliphatic heterocycles. The van der Waals surface area contributed by atoms with Gasteiger partial charge in [0.25, 0.3) is 29.5 Å². The lowest BCUT2D eigenvalue weighted by Gasteiger charge is -2.08. The van der Waals surface area contributed by atoms with Crippen LogP contribution < -0.4 is 26.6 Å². The van der Waals surface area contributed by atoms with Crippen molar-refractivity contribution < 1.29 is 67.9 Å². The molecule has 142 heavy (non-hydrogen) atoms. The number of carbonyl (C=O) groups excluding carboxylic acids is 5. The van der Waals surface area contributed by atoms with Gasteiger partial charge in [0, 0.05) is 145 Å². The molecule has 0 unspecified atom stereocenters. The first-order valence-electron chi connectivity index (χ1n) is 43.9. The minimum absolute atomic E-state index is 0.120. The fraction of sp³-hybridized carbons (Fsp3) is 0.154. The zero-order valence-electron chi connectivity index (χ0n) is 77.0. The van der Waals surface area contributed by atoms with Gasteiger partial charge in [-0.05, 0) is 192 Å². The van der Waals surface area contributed by atoms with Crippen molar-refractivity contribution in [1.29, 1.82) is 0 Å². The maximum absolute atomic E-state index is 12.8. The number of amides is 5. The van der Waals surface area contributed by atoms with Gasteiger partial charge in [0.05, 0.1) is 90.3 Å². The number of anilines is 5. The second-order valence-electron chi connectivity index (χ2n) is 33.1. The summed E-state index contributed by atoms with van der Waals surface area (Å²) in [5.41, 5.74) is 20.0. The highest BCUT2D eigenvalue weighted by Gasteiger charge is 2.35. The van der Waals surface area contributed by atoms with E-state index in [2.05, 4.69) is 109 Å². The summed E-state index contributed by atoms with van der Waals surface area (Å²) in [6.45, 7) is 17.4. The second-order valence-corrected chi connectivity index (χ2v) is 34.8. The Kier molecular flexibility index (Phi) is 29.4. The fourth-order valence-electron chi connectivity index (χ4n) is 15.5. The van der Waals surface area contributed by atoms with E-state index in [4.69, 9.17) is 4.42 Å². The molecule has 5 aromatic carbocycles. The Bertz CT molecular complexity index is 7760. The Hall–Kier alpha value is -17.0. The molecule has 38 heteroatoms. The number of aryl methyl sites for hydroxylation is 8. The third kappa shape index (κ3) is 23.7. The second kappa shape index (κ2) is 42.5. The Morgan fingerprint density at radius 2 is 0.634 bits per heavy atom. The molecule has 0 saturated heterocycles. The van der Waals surface area contributed by atoms with Gasteiger partial charge in [-0.3, -0.25) is 48.9 Å². The molecule has 0 atom stereocenters. The van der Waals surface area contributed by atoms with Gasteiger partial charge >= 0.3 is 18.5 Å². The lowest BCUT2D eigenvalue weighted by molar-refractivity contribution is -0.142. The van der Waals surface area contributed by atoms with Crippen molar-refractivity contribution in [3.05, 3.63) is 403 Å². The number of nitrogens with one attached hydrogen (secondary N) is 5. The van der Waals surface area contributed by atoms with Crippen LogP contribution in [0.25, 0.3) is 54.5 Å². The Labute approximate surface area is 812 Å². The molecule has 718 valence electrons. The molecule has 0 radical (unpaired) electrons. The van der Waals surface area contributed by atoms with Crippen LogP contribution in [0, 0.1) is 55.4 Å². The van der Waals surface area contributed by atoms with Gasteiger partial charge in [-0.15, -0.1) is 32.9 Å². The first kappa shape index (κ1) is 98.0. The molecule has 15 heterocycles. The summed E-state index contributed by atoms with van der Waals surface area (Å²) in [4.78, 5) is 91.5. The van der Waals surface area contributed by atoms with Gasteiger partial charge in [-0.25, -0.2) is 9.97 Å². The number of aromatic nitrogens is 16. The summed E-state index contributed by atoms with van der Waals surface area (Å²) in [5.74, 6) is -0.823. The van der Waals surface area contributed by atoms with Crippen molar-refractivity contribution in [2.45, 2.75) is 107 Å². The quantitative estimate of drug-likeness (QED) is 0.0443. The molecule has 15 aromatic heterocycles. The minimum Gasteiger partial charge on any atom is -0.469 e. The van der Waals surface area contributed by atoms with Crippen LogP contribution in [-0.2, 0) is 51.3 Å². The van der Waals surface area contributed by atoms with Crippen molar-refractivity contribution in [2.75, 3.05) is 26.6 Å². The zero-order chi connectivity index (χ0) is 100. The van der Waals surface area contributed by atoms with Gasteiger partial charge in [0.15, 0.2) is 11.4 Å². The molecule has 0 spiro atoms. The van der Waals surface area contributed by atoms with E-state index in [-0.39, 0.29) is 35.0 Å². The van der Waals surface area contributed by atoms with E-state index < -0.39 is 41.5 Å². The van der Waals surface area contributed by atoms with Gasteiger partial charge in [0.2, 0.25) is 0 Å². The summed E-state index contributed by atoms with van der Waals surface area (Å²) < 4.78 is 130. The molecule has 0 fully saturated rings. The number of halogens is 9. The maximum atomic E-state index is 12.8. The number of rotatable bonds is 20. The largest absolute Gasteiger partial charge is 0.469 e. The number of benzene rings is 5. The van der Waals surface area contributed by atoms with Crippen LogP contribution in [0.5, 0.6) is 0 Å². The number of carbonyl (C=O) groups is 5. The highest BCUT2D eigenvalue weighted by molar-refractivity contribution is 7.12. The number of furan rings is 1. The lowest BCUT2D eigenvalue weighted by atomic mass is 10.1. The molecular formula is C104H86F9N21O6S2. The predicted octanol–water partition coefficient (Wildman–Crippen LogP) is 23.3. The summed E-state index contributed by atoms with van der Waals surface area (Å²) >= 11 is 2.62. The Morgan fingerprint density at radius 1 is 0.324 bits per heavy atom. The van der Waals surface area contributed by atoms with E-state index in [1.807, 2.05) is 189 Å². The molecule has 0 bridgehead atoms. The number of thiazole rings is 2. The summed E-state index contributed by atoms with van der Waals surface area (Å²) in [5, 5.41) is 34.3. The number of alkyl halides is 9. The summed E-state index contributed by atoms with van der Waals surface area (Å²) in [6, 6.07) is 56.8. The Morgan fingerprint density at radius 3 is 0.915 bits per heavy atom. The Balaban J connectivity index is 0.000000128. The number of para-hydroxylation sites is 2. The molecule has 0 saturated carbocycles. The lowest BCUT2D eigenvalue weighted by Crippen LogP contribution is -2.13. The number of nitrogens with zero attached hydrogens (tertiary/aromatic N) is 16. The average molecular weight is 1960 g/mol. The topological polar surface area (TPSA) is 325 Å². The SMILES string of the molecule is Cc1ccc(Cn2cc(NC(=O)c3cccnn3)c3ccccc32)cn1.Cc1ccc(Cn2cc(NC(=O)c3scnc3C)c3ccccc32)cn1.Cc1ccc2c(c1)c(NC(=O)c1cccnn1)cn2Cc1ccc(C(F)(F)F)nc1.Cc1ccc2c(c1)c(NC(=O)c1ccoc1C)cn2Cc1ccc(C(F)(F)F)nc1.Cc1ccc2c(c1)c(NC(=O)c1scnc1C)cn2Cc1ccc(C(F)(F)F)nc1. The van der Waals surface area contributed by atoms with Crippen LogP contribution >= 0.6 is 22.7 Å². The third-order valence-corrected chi connectivity index (χ3v) is 24.5. The first-order chi connectivity index (χ1) is 68.1. The van der Waals surface area contributed by atoms with Gasteiger partial charge in [-0.1, -0.05) is 102 Å². The molecule has 5 N–H and O–H groups in total. The molecule has 20 aromatic rings. The van der Waals surface area contributed by atoms with Crippen molar-refractivity contribution in [1.82, 2.24) is 78.1 Å². The van der Waals surface area contributed by atoms with Crippen LogP contribution in [0.3, 0.4) is 0 Å². The van der Waals surface area contributed by atoms with Crippen LogP contribution in [0.1, 0.15) is 141 Å². The summed E-state index contributed by atoms with van der Waals surface area (Å²) in [7, 11) is 0. The zero-order valence-corrected chi connectivity index (χ0v) is 78.6. The molecule has 0 aliphatic carbocycles. The van der Waals surface area contributed by atoms with Gasteiger partial charge < -0.3 is 53.8 Å². The maximum Gasteiger partial charge on any atom is 0.433 e. The number of pyridine rings is 5. The standard InChI is InChI=1S/C22H18F3N3O2.C21H16F3N5O.C21H17F3N4OS.C20H17N5O.C20H18N4OS/c1-13-3-5-19-17(9-13)18(27-21(29)16-7-8-30-14(16)2)12-28(19)11-15-4-6-20(26-10-15)22(23,24)25;1-13-4-6-18-15(9-13)17(27-20(30)16-3-2-8-26-28-16)12-29(18)11-14-5-7-19(25-10-14)21(22,23)24;1-12-3-5-17-15(7-12)16(27-20(29)19-13(2)26-11-30-19)10-28(17)9-14-4-6-18(25-8-14)21(22,23)24;1-14-8-9-15(11-21-14)12-25-13-18(16-5-2-3-7-19(16)25)23-20(26)17-6-4-10-22-24-17;1-13-7-8-15(9-21-13)10-24-11-17(16-5-3-4-6-18(16)24)23-20(25)19-14(2)22-12-26-19/h3-10,12H,11H2,1-2H3,(H,27,29);2-10,12H,11H2,1H3,(H,27,30);3-8,10-11H,9H2,1-2H3,(H,27,29);2-11,13H,12H2,1H3,(H,23,26);3-9,11-12H,10H2,1-2H3,(H,23,25). The van der Waals surface area contributed by atoms with E-state index in [1.165, 1.54) is 78.1 Å². The van der Waals surface area contributed by atoms with Crippen LogP contribution in [-0.4, -0.2) is 108 Å². The summed E-state index contributed by atoms with van der Waals surface area (Å²) in [6.07, 6.45) is 7.70. The molecular weight excluding hydrogens is 1870 g/mol. The highest BCUT2D eigenvalue weighted by atomic mass is 32.1. The molecule has 20 rings (SSSR count). The van der Waals surface area contributed by atoms with E-state index in [0.717, 1.165) is 129 Å². The van der Waals surface area contributed by atoms with Gasteiger partial charge in [0.1, 0.15) is 32.6 Å². The highest BCUT2D eigenvalue weighted by Crippen LogP contribution is 2.38. The van der Waals surface area contributed by atoms with Crippen molar-refractivity contribution in [3.8, 4) is 0 Å². The number of hydrogen-bond donors (Lipinski definition) is 5. The van der Waals surface area contributed by atoms with Crippen molar-refractivity contribution in [2.24, 2.45) is 0 Å². The van der Waals surface area contributed by atoms with Crippen molar-refractivity contribution in [3.63, 3.8) is 0 Å². The van der Waals surface area contributed by atoms with Gasteiger partial charge in [-0.2, -0.15) is 49.7 Å². The van der Waals surface area contributed by atoms with Crippen molar-refractivity contribution >= 4 is 135 Å². The molecule has 5 amide bonds. The van der Waals surface area contributed by atoms with E-state index >= 15 is 0 Å². The monoisotopic (exact) mass is 1960 g/mol. The van der Waals surface area contributed by atoms with Crippen LogP contribution in [0.4, 0.5) is 68.0 Å². The fourth-order valence-corrected chi connectivity index (χ4v) is 16.9. The minimum atomic E-state index is -4.48. The predicted molar refractivity (Wildman–Crippen MR) is 526 cm³/mol. The normalized spacial score (nSPS) is 11.4. The van der Waals surface area contributed by atoms with Crippen LogP contribution in [0.2, 0.25) is 0 Å². The smallest absolute Gasteiger partial charge is 0.433 e. The van der Waals surface area contributed by atoms with E-state index in [1.54, 1.807) is 73.8 Å². The third-order valence-electron chi connectivity index (χ3n) is 22.6. The van der Waals surface area contributed by atoms with E-state index in [9.17, 15) is 63.5 Å². The average Bonchev–Trinajstić information content (AvgIpc) is 1.65. The molecule has 27 nitrogen and oxygen atoms in total. The first-order valence-corrected chi connectivity index (χ1v) is 45.6. The van der Waals surface area contributed by atoms with Crippen LogP contribution in [0.15, 0.2) is 290 Å². The number of fused-ring (bicyclic) bond motifs is 5. The molecule has 0 aliphatic rings. The van der Waals surface area contributed by atoms with E-state index in [0.29, 0.717) is 93.2 Å². The number of hydrogen-bond acceptors (Lipinski definition) is 19.